The summed E-state index contributed by atoms with van der Waals surface area (Å²) in [4.78, 5) is 11.8. The van der Waals surface area contributed by atoms with E-state index in [0.29, 0.717) is 5.70 Å². The van der Waals surface area contributed by atoms with E-state index >= 15 is 0 Å². The van der Waals surface area contributed by atoms with Crippen molar-refractivity contribution in [1.29, 1.82) is 5.26 Å². The predicted molar refractivity (Wildman–Crippen MR) is 102 cm³/mol. The first kappa shape index (κ1) is 19.9. The zero-order chi connectivity index (χ0) is 18.1. The molecule has 1 aliphatic heterocycles. The SMILES string of the molecule is C1CCCCC1.N#CC1(N(N)/C=C(\N)CNC(=O)C2CCSC2)CC1. The van der Waals surface area contributed by atoms with Gasteiger partial charge in [0.2, 0.25) is 5.91 Å². The van der Waals surface area contributed by atoms with Gasteiger partial charge in [0.25, 0.3) is 0 Å². The lowest BCUT2D eigenvalue weighted by Crippen LogP contribution is -2.40. The van der Waals surface area contributed by atoms with Gasteiger partial charge >= 0.3 is 0 Å². The number of carbonyl (C=O) groups is 1. The van der Waals surface area contributed by atoms with E-state index in [2.05, 4.69) is 11.4 Å². The molecule has 2 aliphatic carbocycles. The second kappa shape index (κ2) is 9.93. The minimum atomic E-state index is -0.587. The smallest absolute Gasteiger partial charge is 0.224 e. The Kier molecular flexibility index (Phi) is 7.91. The highest BCUT2D eigenvalue weighted by Gasteiger charge is 2.47. The number of hydrogen-bond donors (Lipinski definition) is 3. The van der Waals surface area contributed by atoms with E-state index in [1.807, 2.05) is 0 Å². The number of carbonyl (C=O) groups excluding carboxylic acids is 1. The summed E-state index contributed by atoms with van der Waals surface area (Å²) in [5.74, 6) is 7.87. The molecule has 0 radical (unpaired) electrons. The number of hydrazine groups is 1. The van der Waals surface area contributed by atoms with E-state index in [-0.39, 0.29) is 18.4 Å². The minimum Gasteiger partial charge on any atom is -0.399 e. The average molecular weight is 366 g/mol. The van der Waals surface area contributed by atoms with Crippen LogP contribution in [0.2, 0.25) is 0 Å². The Balaban J connectivity index is 0.000000316. The van der Waals surface area contributed by atoms with Crippen LogP contribution in [0.3, 0.4) is 0 Å². The van der Waals surface area contributed by atoms with Crippen LogP contribution in [0.25, 0.3) is 0 Å². The number of rotatable bonds is 5. The molecule has 140 valence electrons. The zero-order valence-corrected chi connectivity index (χ0v) is 15.8. The third-order valence-electron chi connectivity index (χ3n) is 5.00. The lowest BCUT2D eigenvalue weighted by molar-refractivity contribution is -0.124. The van der Waals surface area contributed by atoms with Crippen molar-refractivity contribution < 1.29 is 4.79 Å². The molecule has 3 aliphatic rings. The van der Waals surface area contributed by atoms with Gasteiger partial charge < -0.3 is 11.1 Å². The molecule has 0 bridgehead atoms. The number of nitrogens with zero attached hydrogens (tertiary/aromatic N) is 2. The lowest BCUT2D eigenvalue weighted by Gasteiger charge is -2.20. The second-order valence-electron chi connectivity index (χ2n) is 7.15. The molecule has 1 saturated heterocycles. The van der Waals surface area contributed by atoms with Crippen molar-refractivity contribution in [2.45, 2.75) is 63.3 Å². The first-order valence-electron chi connectivity index (χ1n) is 9.34. The van der Waals surface area contributed by atoms with Crippen LogP contribution >= 0.6 is 11.8 Å². The summed E-state index contributed by atoms with van der Waals surface area (Å²) in [6.07, 6.45) is 13.0. The van der Waals surface area contributed by atoms with E-state index in [0.717, 1.165) is 30.8 Å². The van der Waals surface area contributed by atoms with Crippen molar-refractivity contribution in [2.75, 3.05) is 18.1 Å². The zero-order valence-electron chi connectivity index (χ0n) is 15.0. The highest BCUT2D eigenvalue weighted by Crippen LogP contribution is 2.39. The number of amides is 1. The topological polar surface area (TPSA) is 108 Å². The van der Waals surface area contributed by atoms with Crippen LogP contribution in [0.1, 0.15) is 57.8 Å². The summed E-state index contributed by atoms with van der Waals surface area (Å²) in [7, 11) is 0. The van der Waals surface area contributed by atoms with Gasteiger partial charge in [-0.15, -0.1) is 0 Å². The van der Waals surface area contributed by atoms with Crippen LogP contribution in [-0.2, 0) is 4.79 Å². The van der Waals surface area contributed by atoms with Crippen LogP contribution in [0, 0.1) is 17.2 Å². The molecule has 25 heavy (non-hydrogen) atoms. The van der Waals surface area contributed by atoms with Crippen LogP contribution in [0.4, 0.5) is 0 Å². The summed E-state index contributed by atoms with van der Waals surface area (Å²) in [5, 5.41) is 13.2. The summed E-state index contributed by atoms with van der Waals surface area (Å²) in [5.41, 5.74) is 5.69. The van der Waals surface area contributed by atoms with Crippen molar-refractivity contribution in [3.05, 3.63) is 11.9 Å². The van der Waals surface area contributed by atoms with Crippen LogP contribution in [-0.4, -0.2) is 34.5 Å². The van der Waals surface area contributed by atoms with Crippen molar-refractivity contribution in [3.63, 3.8) is 0 Å². The van der Waals surface area contributed by atoms with Crippen LogP contribution in [0.15, 0.2) is 11.9 Å². The van der Waals surface area contributed by atoms with E-state index in [4.69, 9.17) is 16.8 Å². The number of nitrogens with one attached hydrogen (secondary N) is 1. The monoisotopic (exact) mass is 365 g/mol. The van der Waals surface area contributed by atoms with Gasteiger partial charge in [0.15, 0.2) is 0 Å². The summed E-state index contributed by atoms with van der Waals surface area (Å²) >= 11 is 1.80. The first-order valence-corrected chi connectivity index (χ1v) is 10.5. The Morgan fingerprint density at radius 1 is 1.28 bits per heavy atom. The average Bonchev–Trinajstić information content (AvgIpc) is 3.27. The Morgan fingerprint density at radius 2 is 1.88 bits per heavy atom. The van der Waals surface area contributed by atoms with E-state index in [1.54, 1.807) is 18.0 Å². The van der Waals surface area contributed by atoms with Gasteiger partial charge in [0.05, 0.1) is 12.6 Å². The fourth-order valence-corrected chi connectivity index (χ4v) is 4.25. The largest absolute Gasteiger partial charge is 0.399 e. The predicted octanol–water partition coefficient (Wildman–Crippen LogP) is 2.23. The second-order valence-corrected chi connectivity index (χ2v) is 8.30. The third kappa shape index (κ3) is 6.44. The molecule has 3 rings (SSSR count). The Bertz CT molecular complexity index is 491. The molecular formula is C18H31N5OS. The quantitative estimate of drug-likeness (QED) is 0.509. The highest BCUT2D eigenvalue weighted by atomic mass is 32.2. The molecule has 0 aromatic carbocycles. The van der Waals surface area contributed by atoms with Gasteiger partial charge in [-0.05, 0) is 25.0 Å². The number of nitrogens with two attached hydrogens (primary N) is 2. The molecule has 1 unspecified atom stereocenters. The Hall–Kier alpha value is -1.39. The van der Waals surface area contributed by atoms with Gasteiger partial charge in [0.1, 0.15) is 5.54 Å². The van der Waals surface area contributed by atoms with Gasteiger partial charge in [-0.3, -0.25) is 9.80 Å². The fourth-order valence-electron chi connectivity index (χ4n) is 3.03. The van der Waals surface area contributed by atoms with Crippen molar-refractivity contribution in [2.24, 2.45) is 17.5 Å². The van der Waals surface area contributed by atoms with E-state index in [9.17, 15) is 4.79 Å². The van der Waals surface area contributed by atoms with Crippen molar-refractivity contribution >= 4 is 17.7 Å². The first-order chi connectivity index (χ1) is 12.1. The van der Waals surface area contributed by atoms with Crippen LogP contribution in [0.5, 0.6) is 0 Å². The molecule has 1 atom stereocenters. The van der Waals surface area contributed by atoms with Crippen molar-refractivity contribution in [3.8, 4) is 6.07 Å². The van der Waals surface area contributed by atoms with Crippen LogP contribution < -0.4 is 16.9 Å². The minimum absolute atomic E-state index is 0.0475. The highest BCUT2D eigenvalue weighted by molar-refractivity contribution is 7.99. The van der Waals surface area contributed by atoms with E-state index < -0.39 is 5.54 Å². The molecule has 5 N–H and O–H groups in total. The molecule has 7 heteroatoms. The molecule has 0 aromatic rings. The standard InChI is InChI=1S/C12H19N5OS.C6H12/c13-8-12(2-3-12)17(15)6-10(14)5-16-11(18)9-1-4-19-7-9;1-2-4-6-5-3-1/h6,9H,1-5,7,14-15H2,(H,16,18);1-6H2/b10-6-;. The van der Waals surface area contributed by atoms with Crippen molar-refractivity contribution in [1.82, 2.24) is 10.3 Å². The van der Waals surface area contributed by atoms with Gasteiger partial charge in [-0.1, -0.05) is 38.5 Å². The normalized spacial score (nSPS) is 24.5. The van der Waals surface area contributed by atoms with Gasteiger partial charge in [0, 0.05) is 23.6 Å². The molecule has 0 aromatic heterocycles. The molecular weight excluding hydrogens is 334 g/mol. The number of nitriles is 1. The molecule has 2 saturated carbocycles. The summed E-state index contributed by atoms with van der Waals surface area (Å²) in [6, 6.07) is 2.18. The Morgan fingerprint density at radius 3 is 2.32 bits per heavy atom. The summed E-state index contributed by atoms with van der Waals surface area (Å²) in [6.45, 7) is 0.273. The maximum Gasteiger partial charge on any atom is 0.224 e. The number of thioether (sulfide) groups is 1. The number of hydrogen-bond acceptors (Lipinski definition) is 6. The van der Waals surface area contributed by atoms with Gasteiger partial charge in [-0.25, -0.2) is 5.84 Å². The molecule has 6 nitrogen and oxygen atoms in total. The molecule has 3 fully saturated rings. The lowest BCUT2D eigenvalue weighted by atomic mass is 10.0. The van der Waals surface area contributed by atoms with E-state index in [1.165, 1.54) is 43.5 Å². The molecule has 1 amide bonds. The third-order valence-corrected chi connectivity index (χ3v) is 6.16. The fraction of sp³-hybridized carbons (Fsp3) is 0.778. The molecule has 0 spiro atoms. The molecule has 1 heterocycles. The van der Waals surface area contributed by atoms with Gasteiger partial charge in [-0.2, -0.15) is 17.0 Å². The summed E-state index contributed by atoms with van der Waals surface area (Å²) < 4.78 is 0. The maximum absolute atomic E-state index is 11.8. The Labute approximate surface area is 155 Å². The maximum atomic E-state index is 11.8.